The third-order valence-corrected chi connectivity index (χ3v) is 4.45. The van der Waals surface area contributed by atoms with Crippen LogP contribution in [0.1, 0.15) is 46.0 Å². The molecule has 0 aromatic heterocycles. The molecule has 3 unspecified atom stereocenters. The average Bonchev–Trinajstić information content (AvgIpc) is 2.56. The van der Waals surface area contributed by atoms with Gasteiger partial charge in [0.15, 0.2) is 0 Å². The minimum atomic E-state index is -0.873. The Morgan fingerprint density at radius 2 is 1.83 bits per heavy atom. The summed E-state index contributed by atoms with van der Waals surface area (Å²) in [7, 11) is 0. The Labute approximate surface area is 137 Å². The number of carbonyl (C=O) groups excluding carboxylic acids is 1. The second kappa shape index (κ2) is 7.99. The van der Waals surface area contributed by atoms with Crippen LogP contribution >= 0.6 is 0 Å². The number of carbonyl (C=O) groups is 2. The molecule has 0 spiro atoms. The van der Waals surface area contributed by atoms with Gasteiger partial charge in [-0.15, -0.1) is 0 Å². The van der Waals surface area contributed by atoms with Crippen molar-refractivity contribution in [3.05, 3.63) is 24.3 Å². The Balaban J connectivity index is 1.97. The van der Waals surface area contributed by atoms with E-state index in [2.05, 4.69) is 12.2 Å². The number of hydrogen-bond acceptors (Lipinski definition) is 3. The summed E-state index contributed by atoms with van der Waals surface area (Å²) in [6, 6.07) is 7.21. The Kier molecular flexibility index (Phi) is 6.02. The van der Waals surface area contributed by atoms with Crippen molar-refractivity contribution in [1.82, 2.24) is 0 Å². The van der Waals surface area contributed by atoms with Gasteiger partial charge >= 0.3 is 5.97 Å². The Bertz CT molecular complexity index is 540. The van der Waals surface area contributed by atoms with Gasteiger partial charge in [0.1, 0.15) is 5.75 Å². The highest BCUT2D eigenvalue weighted by Crippen LogP contribution is 2.31. The van der Waals surface area contributed by atoms with E-state index in [1.165, 1.54) is 0 Å². The number of nitrogens with one attached hydrogen (secondary N) is 1. The maximum absolute atomic E-state index is 12.4. The van der Waals surface area contributed by atoms with Crippen LogP contribution in [-0.4, -0.2) is 23.1 Å². The molecule has 1 fully saturated rings. The molecule has 2 N–H and O–H groups in total. The third kappa shape index (κ3) is 4.71. The fourth-order valence-electron chi connectivity index (χ4n) is 2.91. The van der Waals surface area contributed by atoms with E-state index in [4.69, 9.17) is 4.74 Å². The molecule has 126 valence electrons. The van der Waals surface area contributed by atoms with Crippen molar-refractivity contribution in [2.45, 2.75) is 52.1 Å². The molecule has 23 heavy (non-hydrogen) atoms. The van der Waals surface area contributed by atoms with Crippen LogP contribution in [0.5, 0.6) is 5.75 Å². The smallest absolute Gasteiger partial charge is 0.307 e. The first kappa shape index (κ1) is 17.3. The second-order valence-corrected chi connectivity index (χ2v) is 6.19. The first-order chi connectivity index (χ1) is 11.0. The van der Waals surface area contributed by atoms with E-state index in [9.17, 15) is 14.7 Å². The average molecular weight is 319 g/mol. The molecule has 1 amide bonds. The molecule has 1 saturated carbocycles. The predicted octanol–water partition coefficient (Wildman–Crippen LogP) is 3.69. The predicted molar refractivity (Wildman–Crippen MR) is 88.5 cm³/mol. The van der Waals surface area contributed by atoms with Gasteiger partial charge in [0, 0.05) is 5.69 Å². The van der Waals surface area contributed by atoms with Gasteiger partial charge in [-0.3, -0.25) is 9.59 Å². The highest BCUT2D eigenvalue weighted by molar-refractivity contribution is 5.95. The number of hydrogen-bond donors (Lipinski definition) is 2. The minimum absolute atomic E-state index is 0.147. The number of aliphatic carboxylic acids is 1. The number of rotatable bonds is 6. The number of carboxylic acids is 1. The van der Waals surface area contributed by atoms with E-state index in [-0.39, 0.29) is 12.0 Å². The van der Waals surface area contributed by atoms with Gasteiger partial charge in [-0.25, -0.2) is 0 Å². The fraction of sp³-hybridized carbons (Fsp3) is 0.556. The van der Waals surface area contributed by atoms with Gasteiger partial charge in [0.25, 0.3) is 0 Å². The van der Waals surface area contributed by atoms with E-state index in [1.807, 2.05) is 19.1 Å². The molecular formula is C18H25NO4. The standard InChI is InChI=1S/C18H25NO4/c1-3-12(2)23-14-10-8-13(9-11-14)19-17(20)15-6-4-5-7-16(15)18(21)22/h8-12,15-16H,3-7H2,1-2H3,(H,19,20)(H,21,22). The molecule has 1 aliphatic rings. The maximum Gasteiger partial charge on any atom is 0.307 e. The molecule has 0 heterocycles. The van der Waals surface area contributed by atoms with Gasteiger partial charge in [0.05, 0.1) is 17.9 Å². The Morgan fingerprint density at radius 1 is 1.22 bits per heavy atom. The van der Waals surface area contributed by atoms with Gasteiger partial charge < -0.3 is 15.2 Å². The minimum Gasteiger partial charge on any atom is -0.491 e. The quantitative estimate of drug-likeness (QED) is 0.838. The summed E-state index contributed by atoms with van der Waals surface area (Å²) in [6.07, 6.45) is 4.07. The number of carboxylic acid groups (broad SMARTS) is 1. The normalized spacial score (nSPS) is 22.2. The van der Waals surface area contributed by atoms with E-state index in [0.29, 0.717) is 18.5 Å². The van der Waals surface area contributed by atoms with Crippen molar-refractivity contribution in [2.24, 2.45) is 11.8 Å². The lowest BCUT2D eigenvalue weighted by atomic mass is 9.78. The topological polar surface area (TPSA) is 75.6 Å². The first-order valence-corrected chi connectivity index (χ1v) is 8.31. The van der Waals surface area contributed by atoms with E-state index < -0.39 is 17.8 Å². The summed E-state index contributed by atoms with van der Waals surface area (Å²) in [5.41, 5.74) is 0.668. The van der Waals surface area contributed by atoms with Crippen LogP contribution < -0.4 is 10.1 Å². The first-order valence-electron chi connectivity index (χ1n) is 8.31. The van der Waals surface area contributed by atoms with Gasteiger partial charge in [-0.05, 0) is 50.5 Å². The largest absolute Gasteiger partial charge is 0.491 e. The molecule has 0 bridgehead atoms. The molecule has 5 nitrogen and oxygen atoms in total. The van der Waals surface area contributed by atoms with Crippen molar-refractivity contribution in [3.8, 4) is 5.75 Å². The highest BCUT2D eigenvalue weighted by atomic mass is 16.5. The van der Waals surface area contributed by atoms with Crippen LogP contribution in [-0.2, 0) is 9.59 Å². The van der Waals surface area contributed by atoms with Crippen molar-refractivity contribution < 1.29 is 19.4 Å². The Morgan fingerprint density at radius 3 is 2.39 bits per heavy atom. The zero-order valence-electron chi connectivity index (χ0n) is 13.7. The molecule has 1 aromatic rings. The molecule has 0 aliphatic heterocycles. The monoisotopic (exact) mass is 319 g/mol. The number of anilines is 1. The number of benzene rings is 1. The SMILES string of the molecule is CCC(C)Oc1ccc(NC(=O)C2CCCCC2C(=O)O)cc1. The maximum atomic E-state index is 12.4. The van der Waals surface area contributed by atoms with E-state index >= 15 is 0 Å². The second-order valence-electron chi connectivity index (χ2n) is 6.19. The van der Waals surface area contributed by atoms with Gasteiger partial charge in [-0.2, -0.15) is 0 Å². The van der Waals surface area contributed by atoms with Crippen molar-refractivity contribution in [1.29, 1.82) is 0 Å². The van der Waals surface area contributed by atoms with Crippen LogP contribution in [0.15, 0.2) is 24.3 Å². The Hall–Kier alpha value is -2.04. The van der Waals surface area contributed by atoms with E-state index in [0.717, 1.165) is 25.0 Å². The lowest BCUT2D eigenvalue weighted by Crippen LogP contribution is -2.36. The van der Waals surface area contributed by atoms with E-state index in [1.54, 1.807) is 12.1 Å². The molecule has 0 saturated heterocycles. The van der Waals surface area contributed by atoms with Crippen LogP contribution in [0, 0.1) is 11.8 Å². The van der Waals surface area contributed by atoms with Crippen LogP contribution in [0.25, 0.3) is 0 Å². The van der Waals surface area contributed by atoms with Crippen molar-refractivity contribution in [2.75, 3.05) is 5.32 Å². The summed E-state index contributed by atoms with van der Waals surface area (Å²) in [4.78, 5) is 23.7. The number of ether oxygens (including phenoxy) is 1. The summed E-state index contributed by atoms with van der Waals surface area (Å²) in [5, 5.41) is 12.1. The lowest BCUT2D eigenvalue weighted by molar-refractivity contribution is -0.147. The highest BCUT2D eigenvalue weighted by Gasteiger charge is 2.35. The van der Waals surface area contributed by atoms with Crippen molar-refractivity contribution in [3.63, 3.8) is 0 Å². The van der Waals surface area contributed by atoms with Crippen LogP contribution in [0.4, 0.5) is 5.69 Å². The molecule has 2 rings (SSSR count). The molecule has 1 aromatic carbocycles. The van der Waals surface area contributed by atoms with Crippen LogP contribution in [0.3, 0.4) is 0 Å². The molecule has 1 aliphatic carbocycles. The van der Waals surface area contributed by atoms with Gasteiger partial charge in [-0.1, -0.05) is 19.8 Å². The molecule has 0 radical (unpaired) electrons. The summed E-state index contributed by atoms with van der Waals surface area (Å²) < 4.78 is 5.70. The fourth-order valence-corrected chi connectivity index (χ4v) is 2.91. The third-order valence-electron chi connectivity index (χ3n) is 4.45. The molecule has 5 heteroatoms. The van der Waals surface area contributed by atoms with Crippen LogP contribution in [0.2, 0.25) is 0 Å². The van der Waals surface area contributed by atoms with Gasteiger partial charge in [0.2, 0.25) is 5.91 Å². The zero-order valence-corrected chi connectivity index (χ0v) is 13.7. The van der Waals surface area contributed by atoms with Crippen molar-refractivity contribution >= 4 is 17.6 Å². The summed E-state index contributed by atoms with van der Waals surface area (Å²) >= 11 is 0. The lowest BCUT2D eigenvalue weighted by Gasteiger charge is -2.27. The summed E-state index contributed by atoms with van der Waals surface area (Å²) in [5.74, 6) is -1.33. The molecular weight excluding hydrogens is 294 g/mol. The number of amides is 1. The summed E-state index contributed by atoms with van der Waals surface area (Å²) in [6.45, 7) is 4.06. The molecule has 3 atom stereocenters. The zero-order chi connectivity index (χ0) is 16.8.